The Hall–Kier alpha value is -2.24. The highest BCUT2D eigenvalue weighted by Crippen LogP contribution is 2.23. The minimum atomic E-state index is -0.365. The largest absolute Gasteiger partial charge is 0.497 e. The molecule has 2 aliphatic rings. The molecule has 130 valence electrons. The average molecular weight is 331 g/mol. The highest BCUT2D eigenvalue weighted by Gasteiger charge is 2.35. The van der Waals surface area contributed by atoms with Crippen molar-refractivity contribution in [1.82, 2.24) is 10.2 Å². The minimum Gasteiger partial charge on any atom is -0.497 e. The van der Waals surface area contributed by atoms with Gasteiger partial charge in [-0.25, -0.2) is 4.79 Å². The average Bonchev–Trinajstić information content (AvgIpc) is 3.26. The first-order chi connectivity index (χ1) is 11.7. The predicted octanol–water partition coefficient (Wildman–Crippen LogP) is 2.75. The van der Waals surface area contributed by atoms with Crippen LogP contribution in [-0.4, -0.2) is 42.6 Å². The molecule has 2 N–H and O–H groups in total. The molecule has 0 bridgehead atoms. The molecule has 1 aromatic carbocycles. The maximum Gasteiger partial charge on any atom is 0.322 e. The van der Waals surface area contributed by atoms with Gasteiger partial charge in [-0.15, -0.1) is 0 Å². The van der Waals surface area contributed by atoms with Gasteiger partial charge in [0.05, 0.1) is 7.11 Å². The summed E-state index contributed by atoms with van der Waals surface area (Å²) in [5.74, 6) is 0.671. The summed E-state index contributed by atoms with van der Waals surface area (Å²) in [6.45, 7) is 0.610. The molecule has 1 aromatic rings. The smallest absolute Gasteiger partial charge is 0.322 e. The number of carbonyl (C=O) groups is 2. The van der Waals surface area contributed by atoms with Gasteiger partial charge in [0.15, 0.2) is 0 Å². The molecule has 1 heterocycles. The number of hydrogen-bond donors (Lipinski definition) is 2. The van der Waals surface area contributed by atoms with Crippen LogP contribution >= 0.6 is 0 Å². The fourth-order valence-corrected chi connectivity index (χ4v) is 3.55. The minimum absolute atomic E-state index is 0.0137. The van der Waals surface area contributed by atoms with Crippen LogP contribution in [0.15, 0.2) is 24.3 Å². The summed E-state index contributed by atoms with van der Waals surface area (Å²) in [6, 6.07) is 6.91. The zero-order valence-electron chi connectivity index (χ0n) is 14.1. The molecule has 2 fully saturated rings. The normalized spacial score (nSPS) is 20.9. The molecule has 0 aromatic heterocycles. The molecule has 3 amide bonds. The number of nitrogens with one attached hydrogen (secondary N) is 2. The number of ether oxygens (including phenoxy) is 1. The Morgan fingerprint density at radius 1 is 1.17 bits per heavy atom. The van der Waals surface area contributed by atoms with E-state index in [1.807, 2.05) is 18.2 Å². The number of nitrogens with zero attached hydrogens (tertiary/aromatic N) is 1. The van der Waals surface area contributed by atoms with Crippen LogP contribution in [0.5, 0.6) is 5.75 Å². The lowest BCUT2D eigenvalue weighted by Crippen LogP contribution is -2.49. The van der Waals surface area contributed by atoms with Crippen molar-refractivity contribution in [2.75, 3.05) is 19.0 Å². The van der Waals surface area contributed by atoms with Crippen molar-refractivity contribution in [2.45, 2.75) is 50.6 Å². The Labute approximate surface area is 142 Å². The zero-order valence-corrected chi connectivity index (χ0v) is 14.1. The van der Waals surface area contributed by atoms with Gasteiger partial charge in [0.1, 0.15) is 11.8 Å². The third-order valence-electron chi connectivity index (χ3n) is 4.84. The molecular weight excluding hydrogens is 306 g/mol. The third-order valence-corrected chi connectivity index (χ3v) is 4.84. The van der Waals surface area contributed by atoms with Crippen molar-refractivity contribution >= 4 is 17.6 Å². The van der Waals surface area contributed by atoms with Crippen LogP contribution in [0.25, 0.3) is 0 Å². The molecule has 0 unspecified atom stereocenters. The van der Waals surface area contributed by atoms with Gasteiger partial charge in [-0.2, -0.15) is 0 Å². The van der Waals surface area contributed by atoms with Crippen LogP contribution in [0.1, 0.15) is 38.5 Å². The Morgan fingerprint density at radius 2 is 1.96 bits per heavy atom. The molecular formula is C18H25N3O3. The van der Waals surface area contributed by atoms with E-state index in [-0.39, 0.29) is 24.0 Å². The van der Waals surface area contributed by atoms with Crippen LogP contribution in [0, 0.1) is 0 Å². The third kappa shape index (κ3) is 3.80. The van der Waals surface area contributed by atoms with Crippen molar-refractivity contribution in [3.63, 3.8) is 0 Å². The molecule has 1 aliphatic heterocycles. The zero-order chi connectivity index (χ0) is 16.9. The number of hydrogen-bond acceptors (Lipinski definition) is 3. The first-order valence-electron chi connectivity index (χ1n) is 8.69. The number of benzene rings is 1. The monoisotopic (exact) mass is 331 g/mol. The van der Waals surface area contributed by atoms with Gasteiger partial charge in [-0.05, 0) is 37.8 Å². The molecule has 1 saturated heterocycles. The summed E-state index contributed by atoms with van der Waals surface area (Å²) in [7, 11) is 1.59. The fourth-order valence-electron chi connectivity index (χ4n) is 3.55. The second-order valence-corrected chi connectivity index (χ2v) is 6.50. The highest BCUT2D eigenvalue weighted by atomic mass is 16.5. The van der Waals surface area contributed by atoms with E-state index >= 15 is 0 Å². The molecule has 1 atom stereocenters. The SMILES string of the molecule is COc1cccc(NC(=O)N2CCC[C@H]2C(=O)NC2CCCC2)c1. The van der Waals surface area contributed by atoms with Crippen LogP contribution in [0.4, 0.5) is 10.5 Å². The fraction of sp³-hybridized carbons (Fsp3) is 0.556. The molecule has 0 radical (unpaired) electrons. The number of likely N-dealkylation sites (tertiary alicyclic amines) is 1. The molecule has 24 heavy (non-hydrogen) atoms. The van der Waals surface area contributed by atoms with Gasteiger partial charge >= 0.3 is 6.03 Å². The lowest BCUT2D eigenvalue weighted by atomic mass is 10.1. The molecule has 0 spiro atoms. The van der Waals surface area contributed by atoms with Gasteiger partial charge in [-0.1, -0.05) is 18.9 Å². The second-order valence-electron chi connectivity index (χ2n) is 6.50. The molecule has 1 saturated carbocycles. The molecule has 1 aliphatic carbocycles. The second kappa shape index (κ2) is 7.55. The molecule has 6 nitrogen and oxygen atoms in total. The Balaban J connectivity index is 1.61. The predicted molar refractivity (Wildman–Crippen MR) is 92.1 cm³/mol. The maximum atomic E-state index is 12.6. The van der Waals surface area contributed by atoms with E-state index in [1.54, 1.807) is 18.1 Å². The maximum absolute atomic E-state index is 12.6. The number of rotatable bonds is 4. The van der Waals surface area contributed by atoms with Gasteiger partial charge in [0.25, 0.3) is 0 Å². The van der Waals surface area contributed by atoms with Crippen molar-refractivity contribution in [1.29, 1.82) is 0 Å². The number of amides is 3. The quantitative estimate of drug-likeness (QED) is 0.891. The highest BCUT2D eigenvalue weighted by molar-refractivity contribution is 5.94. The summed E-state index contributed by atoms with van der Waals surface area (Å²) in [5, 5.41) is 5.97. The van der Waals surface area contributed by atoms with Crippen LogP contribution in [-0.2, 0) is 4.79 Å². The summed E-state index contributed by atoms with van der Waals surface area (Å²) < 4.78 is 5.17. The van der Waals surface area contributed by atoms with E-state index in [9.17, 15) is 9.59 Å². The van der Waals surface area contributed by atoms with Gasteiger partial charge in [0.2, 0.25) is 5.91 Å². The number of methoxy groups -OCH3 is 1. The van der Waals surface area contributed by atoms with Crippen molar-refractivity contribution in [3.8, 4) is 5.75 Å². The lowest BCUT2D eigenvalue weighted by molar-refractivity contribution is -0.125. The van der Waals surface area contributed by atoms with Crippen molar-refractivity contribution in [2.24, 2.45) is 0 Å². The summed E-state index contributed by atoms with van der Waals surface area (Å²) >= 11 is 0. The van der Waals surface area contributed by atoms with E-state index in [0.29, 0.717) is 18.0 Å². The van der Waals surface area contributed by atoms with Gasteiger partial charge in [-0.3, -0.25) is 4.79 Å². The standard InChI is InChI=1S/C18H25N3O3/c1-24-15-9-4-8-14(12-15)20-18(23)21-11-5-10-16(21)17(22)19-13-6-2-3-7-13/h4,8-9,12-13,16H,2-3,5-7,10-11H2,1H3,(H,19,22)(H,20,23)/t16-/m0/s1. The van der Waals surface area contributed by atoms with E-state index in [1.165, 1.54) is 12.8 Å². The summed E-state index contributed by atoms with van der Waals surface area (Å²) in [6.07, 6.45) is 6.03. The summed E-state index contributed by atoms with van der Waals surface area (Å²) in [5.41, 5.74) is 0.668. The lowest BCUT2D eigenvalue weighted by Gasteiger charge is -2.25. The number of anilines is 1. The first kappa shape index (κ1) is 16.6. The molecule has 3 rings (SSSR count). The van der Waals surface area contributed by atoms with Gasteiger partial charge in [0, 0.05) is 24.3 Å². The van der Waals surface area contributed by atoms with E-state index in [4.69, 9.17) is 4.74 Å². The Bertz CT molecular complexity index is 599. The van der Waals surface area contributed by atoms with Crippen LogP contribution in [0.2, 0.25) is 0 Å². The van der Waals surface area contributed by atoms with Crippen LogP contribution in [0.3, 0.4) is 0 Å². The first-order valence-corrected chi connectivity index (χ1v) is 8.69. The summed E-state index contributed by atoms with van der Waals surface area (Å²) in [4.78, 5) is 26.7. The van der Waals surface area contributed by atoms with E-state index < -0.39 is 0 Å². The Morgan fingerprint density at radius 3 is 2.71 bits per heavy atom. The molecule has 6 heteroatoms. The Kier molecular flexibility index (Phi) is 5.23. The van der Waals surface area contributed by atoms with Crippen LogP contribution < -0.4 is 15.4 Å². The number of carbonyl (C=O) groups excluding carboxylic acids is 2. The van der Waals surface area contributed by atoms with Gasteiger partial charge < -0.3 is 20.3 Å². The van der Waals surface area contributed by atoms with Crippen molar-refractivity contribution in [3.05, 3.63) is 24.3 Å². The number of urea groups is 1. The van der Waals surface area contributed by atoms with E-state index in [0.717, 1.165) is 25.7 Å². The van der Waals surface area contributed by atoms with E-state index in [2.05, 4.69) is 10.6 Å². The van der Waals surface area contributed by atoms with Crippen molar-refractivity contribution < 1.29 is 14.3 Å². The topological polar surface area (TPSA) is 70.7 Å².